The number of nitrogens with one attached hydrogen (secondary N) is 1. The number of hydrogen-bond acceptors (Lipinski definition) is 3. The van der Waals surface area contributed by atoms with Crippen molar-refractivity contribution >= 4 is 17.7 Å². The summed E-state index contributed by atoms with van der Waals surface area (Å²) < 4.78 is 0. The maximum Gasteiger partial charge on any atom is 0.265 e. The first-order valence-corrected chi connectivity index (χ1v) is 7.59. The van der Waals surface area contributed by atoms with Gasteiger partial charge >= 0.3 is 0 Å². The molecule has 0 unspecified atom stereocenters. The first kappa shape index (κ1) is 14.6. The third kappa shape index (κ3) is 3.62. The lowest BCUT2D eigenvalue weighted by Crippen LogP contribution is -2.30. The van der Waals surface area contributed by atoms with Gasteiger partial charge in [0, 0.05) is 17.1 Å². The molecule has 0 saturated heterocycles. The van der Waals surface area contributed by atoms with Crippen LogP contribution < -0.4 is 11.3 Å². The van der Waals surface area contributed by atoms with Crippen LogP contribution in [-0.4, -0.2) is 5.91 Å². The van der Waals surface area contributed by atoms with Crippen molar-refractivity contribution in [3.05, 3.63) is 70.8 Å². The molecule has 0 aromatic heterocycles. The van der Waals surface area contributed by atoms with Crippen molar-refractivity contribution in [2.75, 3.05) is 0 Å². The number of amides is 1. The lowest BCUT2D eigenvalue weighted by molar-refractivity contribution is 0.0953. The highest BCUT2D eigenvalue weighted by molar-refractivity contribution is 7.97. The van der Waals surface area contributed by atoms with Crippen LogP contribution in [0.25, 0.3) is 0 Å². The number of hydrazine groups is 1. The van der Waals surface area contributed by atoms with Gasteiger partial charge in [-0.1, -0.05) is 42.5 Å². The van der Waals surface area contributed by atoms with Gasteiger partial charge < -0.3 is 0 Å². The topological polar surface area (TPSA) is 55.1 Å². The number of hydrogen-bond donors (Lipinski definition) is 2. The van der Waals surface area contributed by atoms with Gasteiger partial charge in [0.25, 0.3) is 5.91 Å². The summed E-state index contributed by atoms with van der Waals surface area (Å²) in [5.74, 6) is 6.69. The fourth-order valence-corrected chi connectivity index (χ4v) is 3.11. The molecule has 0 radical (unpaired) electrons. The molecule has 3 N–H and O–H groups in total. The smallest absolute Gasteiger partial charge is 0.265 e. The van der Waals surface area contributed by atoms with Gasteiger partial charge in [0.15, 0.2) is 0 Å². The number of thioether (sulfide) groups is 1. The van der Waals surface area contributed by atoms with E-state index in [1.54, 1.807) is 17.8 Å². The highest BCUT2D eigenvalue weighted by Crippen LogP contribution is 2.22. The Bertz CT molecular complexity index is 599. The number of benzene rings is 2. The second-order valence-corrected chi connectivity index (χ2v) is 5.54. The van der Waals surface area contributed by atoms with E-state index >= 15 is 0 Å². The lowest BCUT2D eigenvalue weighted by Gasteiger charge is -2.09. The second kappa shape index (κ2) is 7.12. The average Bonchev–Trinajstić information content (AvgIpc) is 2.49. The number of aryl methyl sites for hydroxylation is 1. The fraction of sp³-hybridized carbons (Fsp3) is 0.188. The Morgan fingerprint density at radius 2 is 1.65 bits per heavy atom. The zero-order valence-electron chi connectivity index (χ0n) is 11.4. The predicted molar refractivity (Wildman–Crippen MR) is 84.3 cm³/mol. The summed E-state index contributed by atoms with van der Waals surface area (Å²) in [6.45, 7) is 2.12. The largest absolute Gasteiger partial charge is 0.290 e. The molecule has 0 bridgehead atoms. The zero-order valence-corrected chi connectivity index (χ0v) is 12.2. The van der Waals surface area contributed by atoms with Gasteiger partial charge in [0.05, 0.1) is 0 Å². The van der Waals surface area contributed by atoms with E-state index in [0.717, 1.165) is 17.1 Å². The van der Waals surface area contributed by atoms with Crippen LogP contribution in [0, 0.1) is 6.92 Å². The molecular formula is C16H18N2OS. The van der Waals surface area contributed by atoms with Gasteiger partial charge in [0.1, 0.15) is 0 Å². The standard InChI is InChI=1S/C16H18N2OS/c1-12-6-2-3-7-13(12)10-20-11-14-8-4-5-9-15(14)16(19)18-17/h2-9H,10-11,17H2,1H3,(H,18,19). The molecule has 0 aliphatic rings. The van der Waals surface area contributed by atoms with Crippen LogP contribution in [0.15, 0.2) is 48.5 Å². The lowest BCUT2D eigenvalue weighted by atomic mass is 10.1. The molecule has 1 amide bonds. The Hall–Kier alpha value is -1.78. The van der Waals surface area contributed by atoms with E-state index in [1.165, 1.54) is 11.1 Å². The second-order valence-electron chi connectivity index (χ2n) is 4.55. The number of nitrogens with two attached hydrogens (primary N) is 1. The van der Waals surface area contributed by atoms with Crippen molar-refractivity contribution in [3.8, 4) is 0 Å². The molecule has 0 fully saturated rings. The van der Waals surface area contributed by atoms with Crippen LogP contribution in [-0.2, 0) is 11.5 Å². The quantitative estimate of drug-likeness (QED) is 0.504. The van der Waals surface area contributed by atoms with Gasteiger partial charge in [-0.25, -0.2) is 5.84 Å². The first-order valence-electron chi connectivity index (χ1n) is 6.43. The third-order valence-electron chi connectivity index (χ3n) is 3.17. The highest BCUT2D eigenvalue weighted by atomic mass is 32.2. The van der Waals surface area contributed by atoms with E-state index in [2.05, 4.69) is 30.5 Å². The van der Waals surface area contributed by atoms with E-state index in [9.17, 15) is 4.79 Å². The molecule has 0 aliphatic carbocycles. The first-order chi connectivity index (χ1) is 9.72. The zero-order chi connectivity index (χ0) is 14.4. The van der Waals surface area contributed by atoms with Gasteiger partial charge in [-0.3, -0.25) is 10.2 Å². The number of rotatable bonds is 5. The van der Waals surface area contributed by atoms with Crippen molar-refractivity contribution in [1.82, 2.24) is 5.43 Å². The normalized spacial score (nSPS) is 10.3. The maximum absolute atomic E-state index is 11.7. The van der Waals surface area contributed by atoms with Crippen LogP contribution >= 0.6 is 11.8 Å². The predicted octanol–water partition coefficient (Wildman–Crippen LogP) is 3.03. The van der Waals surface area contributed by atoms with E-state index in [4.69, 9.17) is 5.84 Å². The van der Waals surface area contributed by atoms with Crippen LogP contribution in [0.4, 0.5) is 0 Å². The van der Waals surface area contributed by atoms with E-state index in [-0.39, 0.29) is 5.91 Å². The molecule has 3 nitrogen and oxygen atoms in total. The van der Waals surface area contributed by atoms with Crippen molar-refractivity contribution in [2.45, 2.75) is 18.4 Å². The number of nitrogen functional groups attached to an aromatic ring is 1. The highest BCUT2D eigenvalue weighted by Gasteiger charge is 2.09. The molecule has 0 saturated carbocycles. The van der Waals surface area contributed by atoms with E-state index in [1.807, 2.05) is 24.3 Å². The minimum absolute atomic E-state index is 0.239. The molecule has 0 heterocycles. The van der Waals surface area contributed by atoms with Crippen molar-refractivity contribution in [1.29, 1.82) is 0 Å². The van der Waals surface area contributed by atoms with Crippen LogP contribution in [0.2, 0.25) is 0 Å². The van der Waals surface area contributed by atoms with Crippen LogP contribution in [0.1, 0.15) is 27.0 Å². The molecule has 4 heteroatoms. The van der Waals surface area contributed by atoms with Crippen LogP contribution in [0.5, 0.6) is 0 Å². The number of carbonyl (C=O) groups excluding carboxylic acids is 1. The van der Waals surface area contributed by atoms with E-state index in [0.29, 0.717) is 5.56 Å². The summed E-state index contributed by atoms with van der Waals surface area (Å²) in [6.07, 6.45) is 0. The summed E-state index contributed by atoms with van der Waals surface area (Å²) in [7, 11) is 0. The Labute approximate surface area is 123 Å². The summed E-state index contributed by atoms with van der Waals surface area (Å²) in [4.78, 5) is 11.7. The van der Waals surface area contributed by atoms with Crippen molar-refractivity contribution < 1.29 is 4.79 Å². The molecule has 2 aromatic carbocycles. The maximum atomic E-state index is 11.7. The molecule has 20 heavy (non-hydrogen) atoms. The minimum Gasteiger partial charge on any atom is -0.290 e. The van der Waals surface area contributed by atoms with Gasteiger partial charge in [-0.05, 0) is 29.7 Å². The Balaban J connectivity index is 2.01. The number of carbonyl (C=O) groups is 1. The van der Waals surface area contributed by atoms with Gasteiger partial charge in [-0.15, -0.1) is 0 Å². The Morgan fingerprint density at radius 3 is 2.35 bits per heavy atom. The summed E-state index contributed by atoms with van der Waals surface area (Å²) in [5.41, 5.74) is 6.48. The minimum atomic E-state index is -0.239. The Morgan fingerprint density at radius 1 is 1.05 bits per heavy atom. The van der Waals surface area contributed by atoms with E-state index < -0.39 is 0 Å². The molecule has 0 aliphatic heterocycles. The molecule has 2 rings (SSSR count). The third-order valence-corrected chi connectivity index (χ3v) is 4.20. The van der Waals surface area contributed by atoms with Gasteiger partial charge in [0.2, 0.25) is 0 Å². The monoisotopic (exact) mass is 286 g/mol. The molecule has 104 valence electrons. The SMILES string of the molecule is Cc1ccccc1CSCc1ccccc1C(=O)NN. The molecular weight excluding hydrogens is 268 g/mol. The summed E-state index contributed by atoms with van der Waals surface area (Å²) >= 11 is 1.79. The van der Waals surface area contributed by atoms with Gasteiger partial charge in [-0.2, -0.15) is 11.8 Å². The average molecular weight is 286 g/mol. The fourth-order valence-electron chi connectivity index (χ4n) is 1.99. The molecule has 2 aromatic rings. The molecule has 0 spiro atoms. The molecule has 0 atom stereocenters. The van der Waals surface area contributed by atoms with Crippen molar-refractivity contribution in [3.63, 3.8) is 0 Å². The summed E-state index contributed by atoms with van der Waals surface area (Å²) in [6, 6.07) is 15.9. The Kier molecular flexibility index (Phi) is 5.21. The van der Waals surface area contributed by atoms with Crippen LogP contribution in [0.3, 0.4) is 0 Å². The van der Waals surface area contributed by atoms with Crippen molar-refractivity contribution in [2.24, 2.45) is 5.84 Å². The summed E-state index contributed by atoms with van der Waals surface area (Å²) in [5, 5.41) is 0.